The van der Waals surface area contributed by atoms with Crippen molar-refractivity contribution < 1.29 is 10.1 Å². The predicted octanol–water partition coefficient (Wildman–Crippen LogP) is 3.01. The third-order valence-corrected chi connectivity index (χ3v) is 3.24. The lowest BCUT2D eigenvalue weighted by atomic mass is 9.98. The van der Waals surface area contributed by atoms with Gasteiger partial charge in [0.05, 0.1) is 5.88 Å². The molecule has 0 saturated heterocycles. The van der Waals surface area contributed by atoms with E-state index in [0.717, 1.165) is 5.56 Å². The fourth-order valence-corrected chi connectivity index (χ4v) is 2.18. The molecular weight excluding hydrogens is 255 g/mol. The number of hydrogen-bond acceptors (Lipinski definition) is 2. The molecule has 13 heavy (non-hydrogen) atoms. The number of rotatable bonds is 4. The average molecular weight is 266 g/mol. The Kier molecular flexibility index (Phi) is 4.19. The molecule has 1 atom stereocenters. The van der Waals surface area contributed by atoms with E-state index in [1.54, 1.807) is 0 Å². The second-order valence-corrected chi connectivity index (χ2v) is 3.55. The average Bonchev–Trinajstić information content (AvgIpc) is 2.23. The number of benzene rings is 1. The first-order chi connectivity index (χ1) is 6.29. The van der Waals surface area contributed by atoms with E-state index >= 15 is 0 Å². The van der Waals surface area contributed by atoms with Crippen LogP contribution in [0.25, 0.3) is 0 Å². The Morgan fingerprint density at radius 2 is 2.00 bits per heavy atom. The Morgan fingerprint density at radius 3 is 2.38 bits per heavy atom. The van der Waals surface area contributed by atoms with E-state index < -0.39 is 5.60 Å². The van der Waals surface area contributed by atoms with Crippen LogP contribution in [0.5, 0.6) is 0 Å². The zero-order valence-electron chi connectivity index (χ0n) is 6.91. The molecule has 1 rings (SSSR count). The fourth-order valence-electron chi connectivity index (χ4n) is 1.03. The van der Waals surface area contributed by atoms with Crippen LogP contribution in [0.3, 0.4) is 0 Å². The maximum absolute atomic E-state index is 8.82. The monoisotopic (exact) mass is 264 g/mol. The Balaban J connectivity index is 3.01. The maximum atomic E-state index is 8.82. The summed E-state index contributed by atoms with van der Waals surface area (Å²) in [5, 5.41) is 9.26. The third kappa shape index (κ3) is 2.23. The lowest BCUT2D eigenvalue weighted by Gasteiger charge is -2.25. The van der Waals surface area contributed by atoms with Gasteiger partial charge in [0.15, 0.2) is 5.60 Å². The van der Waals surface area contributed by atoms with Gasteiger partial charge in [-0.05, 0) is 5.56 Å². The van der Waals surface area contributed by atoms with E-state index in [2.05, 4.69) is 20.8 Å². The van der Waals surface area contributed by atoms with Crippen molar-refractivity contribution in [1.29, 1.82) is 0 Å². The van der Waals surface area contributed by atoms with Crippen LogP contribution in [0.15, 0.2) is 30.3 Å². The molecule has 0 fully saturated rings. The summed E-state index contributed by atoms with van der Waals surface area (Å²) in [6.45, 7) is 0. The molecule has 0 amide bonds. The maximum Gasteiger partial charge on any atom is 0.151 e. The van der Waals surface area contributed by atoms with Gasteiger partial charge in [-0.2, -0.15) is 0 Å². The summed E-state index contributed by atoms with van der Waals surface area (Å²) in [4.78, 5) is 4.44. The molecule has 0 radical (unpaired) electrons. The summed E-state index contributed by atoms with van der Waals surface area (Å²) in [6, 6.07) is 9.37. The van der Waals surface area contributed by atoms with Crippen molar-refractivity contribution in [2.45, 2.75) is 5.60 Å². The van der Waals surface area contributed by atoms with Gasteiger partial charge in [-0.1, -0.05) is 46.3 Å². The molecule has 0 aliphatic rings. The second-order valence-electron chi connectivity index (χ2n) is 2.72. The molecule has 0 spiro atoms. The Labute approximate surface area is 90.5 Å². The summed E-state index contributed by atoms with van der Waals surface area (Å²) in [7, 11) is 0. The topological polar surface area (TPSA) is 29.5 Å². The molecule has 2 nitrogen and oxygen atoms in total. The number of hydrogen-bond donors (Lipinski definition) is 1. The minimum atomic E-state index is -0.844. The van der Waals surface area contributed by atoms with Gasteiger partial charge in [0.25, 0.3) is 0 Å². The molecule has 4 heteroatoms. The largest absolute Gasteiger partial charge is 0.251 e. The highest BCUT2D eigenvalue weighted by atomic mass is 79.9. The van der Waals surface area contributed by atoms with Crippen molar-refractivity contribution in [1.82, 2.24) is 0 Å². The molecule has 72 valence electrons. The van der Waals surface area contributed by atoms with Gasteiger partial charge in [0.2, 0.25) is 0 Å². The Hall–Kier alpha value is -0.0900. The summed E-state index contributed by atoms with van der Waals surface area (Å²) in [6.07, 6.45) is 0. The van der Waals surface area contributed by atoms with E-state index in [1.165, 1.54) is 0 Å². The van der Waals surface area contributed by atoms with Gasteiger partial charge < -0.3 is 0 Å². The summed E-state index contributed by atoms with van der Waals surface area (Å²) in [5.74, 6) is 0.193. The normalized spacial score (nSPS) is 15.3. The SMILES string of the molecule is OOC(CCl)(CBr)c1ccccc1. The molecule has 0 aliphatic heterocycles. The molecule has 0 saturated carbocycles. The van der Waals surface area contributed by atoms with E-state index in [1.807, 2.05) is 30.3 Å². The van der Waals surface area contributed by atoms with Crippen LogP contribution in [0.4, 0.5) is 0 Å². The first kappa shape index (κ1) is 11.0. The fraction of sp³-hybridized carbons (Fsp3) is 0.333. The molecule has 1 aromatic rings. The standard InChI is InChI=1S/C9H10BrClO2/c10-6-9(7-11,13-12)8-4-2-1-3-5-8/h1-5,12H,6-7H2. The van der Waals surface area contributed by atoms with Gasteiger partial charge in [0.1, 0.15) is 0 Å². The minimum Gasteiger partial charge on any atom is -0.251 e. The quantitative estimate of drug-likeness (QED) is 0.515. The van der Waals surface area contributed by atoms with Gasteiger partial charge in [0, 0.05) is 5.33 Å². The Bertz CT molecular complexity index is 241. The van der Waals surface area contributed by atoms with Crippen LogP contribution in [0.1, 0.15) is 5.56 Å². The van der Waals surface area contributed by atoms with E-state index in [9.17, 15) is 0 Å². The van der Waals surface area contributed by atoms with Crippen LogP contribution in [0, 0.1) is 0 Å². The summed E-state index contributed by atoms with van der Waals surface area (Å²) in [5.41, 5.74) is 0.00684. The molecule has 0 aromatic heterocycles. The smallest absolute Gasteiger partial charge is 0.151 e. The van der Waals surface area contributed by atoms with Crippen LogP contribution in [-0.2, 0) is 10.5 Å². The van der Waals surface area contributed by atoms with E-state index in [4.69, 9.17) is 16.9 Å². The van der Waals surface area contributed by atoms with E-state index in [0.29, 0.717) is 5.33 Å². The summed E-state index contributed by atoms with van der Waals surface area (Å²) >= 11 is 9.00. The molecule has 0 bridgehead atoms. The molecule has 1 unspecified atom stereocenters. The lowest BCUT2D eigenvalue weighted by molar-refractivity contribution is -0.314. The van der Waals surface area contributed by atoms with Crippen LogP contribution < -0.4 is 0 Å². The first-order valence-electron chi connectivity index (χ1n) is 3.79. The predicted molar refractivity (Wildman–Crippen MR) is 56.3 cm³/mol. The van der Waals surface area contributed by atoms with Gasteiger partial charge in [-0.25, -0.2) is 4.89 Å². The summed E-state index contributed by atoms with van der Waals surface area (Å²) < 4.78 is 0. The van der Waals surface area contributed by atoms with Crippen molar-refractivity contribution in [2.75, 3.05) is 11.2 Å². The zero-order chi connectivity index (χ0) is 9.73. The van der Waals surface area contributed by atoms with Crippen molar-refractivity contribution in [2.24, 2.45) is 0 Å². The number of halogens is 2. The number of alkyl halides is 2. The third-order valence-electron chi connectivity index (χ3n) is 1.91. The lowest BCUT2D eigenvalue weighted by Crippen LogP contribution is -2.32. The molecule has 0 heterocycles. The van der Waals surface area contributed by atoms with Gasteiger partial charge >= 0.3 is 0 Å². The highest BCUT2D eigenvalue weighted by molar-refractivity contribution is 9.09. The zero-order valence-corrected chi connectivity index (χ0v) is 9.25. The van der Waals surface area contributed by atoms with Gasteiger partial charge in [-0.3, -0.25) is 5.26 Å². The minimum absolute atomic E-state index is 0.193. The molecule has 1 aromatic carbocycles. The van der Waals surface area contributed by atoms with Crippen LogP contribution >= 0.6 is 27.5 Å². The second kappa shape index (κ2) is 4.96. The van der Waals surface area contributed by atoms with Crippen molar-refractivity contribution >= 4 is 27.5 Å². The van der Waals surface area contributed by atoms with Crippen molar-refractivity contribution in [3.05, 3.63) is 35.9 Å². The highest BCUT2D eigenvalue weighted by Gasteiger charge is 2.31. The highest BCUT2D eigenvalue weighted by Crippen LogP contribution is 2.28. The first-order valence-corrected chi connectivity index (χ1v) is 5.45. The van der Waals surface area contributed by atoms with Crippen molar-refractivity contribution in [3.63, 3.8) is 0 Å². The Morgan fingerprint density at radius 1 is 1.38 bits per heavy atom. The van der Waals surface area contributed by atoms with Crippen LogP contribution in [0.2, 0.25) is 0 Å². The molecule has 1 N–H and O–H groups in total. The molecular formula is C9H10BrClO2. The molecule has 0 aliphatic carbocycles. The van der Waals surface area contributed by atoms with Crippen molar-refractivity contribution in [3.8, 4) is 0 Å². The van der Waals surface area contributed by atoms with Gasteiger partial charge in [-0.15, -0.1) is 11.6 Å². The van der Waals surface area contributed by atoms with E-state index in [-0.39, 0.29) is 5.88 Å². The van der Waals surface area contributed by atoms with Crippen LogP contribution in [-0.4, -0.2) is 16.5 Å².